The van der Waals surface area contributed by atoms with Crippen LogP contribution in [0.25, 0.3) is 0 Å². The highest BCUT2D eigenvalue weighted by Crippen LogP contribution is 2.25. The Bertz CT molecular complexity index is 507. The summed E-state index contributed by atoms with van der Waals surface area (Å²) < 4.78 is 0.532. The van der Waals surface area contributed by atoms with Crippen molar-refractivity contribution < 1.29 is 4.92 Å². The number of halogens is 1. The van der Waals surface area contributed by atoms with Gasteiger partial charge >= 0.3 is 0 Å². The number of nitro groups is 1. The third kappa shape index (κ3) is 5.39. The minimum atomic E-state index is -0.386. The number of rotatable bonds is 2. The van der Waals surface area contributed by atoms with Gasteiger partial charge in [-0.2, -0.15) is 0 Å². The van der Waals surface area contributed by atoms with Crippen LogP contribution >= 0.6 is 15.9 Å². The van der Waals surface area contributed by atoms with Gasteiger partial charge in [-0.05, 0) is 53.7 Å². The fraction of sp³-hybridized carbons (Fsp3) is 0.333. The van der Waals surface area contributed by atoms with E-state index in [2.05, 4.69) is 41.1 Å². The second-order valence-electron chi connectivity index (χ2n) is 4.32. The smallest absolute Gasteiger partial charge is 0.258 e. The molecule has 1 aromatic rings. The summed E-state index contributed by atoms with van der Waals surface area (Å²) in [6.07, 6.45) is 9.94. The lowest BCUT2D eigenvalue weighted by Gasteiger charge is -1.97. The SMILES string of the molecule is CC1=CCCC=C1.CCc1ccc(Br)c([N+](=O)[O-])c1. The monoisotopic (exact) mass is 323 g/mol. The Morgan fingerprint density at radius 3 is 2.53 bits per heavy atom. The molecule has 0 radical (unpaired) electrons. The van der Waals surface area contributed by atoms with Crippen LogP contribution in [0.1, 0.15) is 32.3 Å². The summed E-state index contributed by atoms with van der Waals surface area (Å²) in [5.74, 6) is 0. The van der Waals surface area contributed by atoms with E-state index in [9.17, 15) is 10.1 Å². The average Bonchev–Trinajstić information content (AvgIpc) is 2.40. The molecule has 0 spiro atoms. The average molecular weight is 324 g/mol. The first-order chi connectivity index (χ1) is 9.04. The van der Waals surface area contributed by atoms with Gasteiger partial charge in [-0.1, -0.05) is 36.8 Å². The zero-order valence-corrected chi connectivity index (χ0v) is 12.8. The number of nitro benzene ring substituents is 1. The first kappa shape index (κ1) is 15.6. The Kier molecular flexibility index (Phi) is 6.50. The van der Waals surface area contributed by atoms with E-state index in [-0.39, 0.29) is 10.6 Å². The highest BCUT2D eigenvalue weighted by molar-refractivity contribution is 9.10. The predicted octanol–water partition coefficient (Wildman–Crippen LogP) is 5.20. The first-order valence-corrected chi connectivity index (χ1v) is 7.10. The molecule has 0 N–H and O–H groups in total. The van der Waals surface area contributed by atoms with Crippen LogP contribution in [0, 0.1) is 10.1 Å². The van der Waals surface area contributed by atoms with Crippen molar-refractivity contribution in [2.24, 2.45) is 0 Å². The third-order valence-corrected chi connectivity index (χ3v) is 3.47. The topological polar surface area (TPSA) is 43.1 Å². The van der Waals surface area contributed by atoms with Crippen molar-refractivity contribution in [1.29, 1.82) is 0 Å². The third-order valence-electron chi connectivity index (χ3n) is 2.80. The van der Waals surface area contributed by atoms with Crippen molar-refractivity contribution >= 4 is 21.6 Å². The lowest BCUT2D eigenvalue weighted by molar-refractivity contribution is -0.385. The van der Waals surface area contributed by atoms with E-state index in [1.54, 1.807) is 12.1 Å². The van der Waals surface area contributed by atoms with E-state index in [0.717, 1.165) is 12.0 Å². The standard InChI is InChI=1S/C8H8BrNO2.C7H10/c1-2-6-3-4-7(9)8(5-6)10(11)12;1-7-5-3-2-4-6-7/h3-5H,2H2,1H3;3,5-6H,2,4H2,1H3. The van der Waals surface area contributed by atoms with Gasteiger partial charge < -0.3 is 0 Å². The van der Waals surface area contributed by atoms with Crippen LogP contribution in [-0.4, -0.2) is 4.92 Å². The second-order valence-corrected chi connectivity index (χ2v) is 5.18. The minimum Gasteiger partial charge on any atom is -0.258 e. The molecule has 102 valence electrons. The van der Waals surface area contributed by atoms with Crippen molar-refractivity contribution in [2.75, 3.05) is 0 Å². The van der Waals surface area contributed by atoms with Gasteiger partial charge in [0.25, 0.3) is 5.69 Å². The van der Waals surface area contributed by atoms with Gasteiger partial charge in [0.15, 0.2) is 0 Å². The number of aryl methyl sites for hydroxylation is 1. The van der Waals surface area contributed by atoms with Crippen LogP contribution in [0.4, 0.5) is 5.69 Å². The number of allylic oxidation sites excluding steroid dienone is 4. The molecule has 0 aromatic heterocycles. The van der Waals surface area contributed by atoms with Gasteiger partial charge in [0.05, 0.1) is 9.40 Å². The zero-order valence-electron chi connectivity index (χ0n) is 11.2. The number of benzene rings is 1. The highest BCUT2D eigenvalue weighted by Gasteiger charge is 2.10. The van der Waals surface area contributed by atoms with Crippen molar-refractivity contribution in [2.45, 2.75) is 33.1 Å². The maximum atomic E-state index is 10.5. The van der Waals surface area contributed by atoms with Crippen LogP contribution < -0.4 is 0 Å². The molecule has 4 heteroatoms. The van der Waals surface area contributed by atoms with Crippen molar-refractivity contribution in [3.63, 3.8) is 0 Å². The molecule has 0 saturated carbocycles. The number of nitrogens with zero attached hydrogens (tertiary/aromatic N) is 1. The summed E-state index contributed by atoms with van der Waals surface area (Å²) >= 11 is 3.12. The Morgan fingerprint density at radius 1 is 1.37 bits per heavy atom. The van der Waals surface area contributed by atoms with Gasteiger partial charge in [0.2, 0.25) is 0 Å². The maximum absolute atomic E-state index is 10.5. The molecule has 0 bridgehead atoms. The molecule has 0 aliphatic heterocycles. The highest BCUT2D eigenvalue weighted by atomic mass is 79.9. The van der Waals surface area contributed by atoms with E-state index < -0.39 is 0 Å². The molecular weight excluding hydrogens is 306 g/mol. The summed E-state index contributed by atoms with van der Waals surface area (Å²) in [5.41, 5.74) is 2.52. The van der Waals surface area contributed by atoms with Crippen LogP contribution in [0.2, 0.25) is 0 Å². The molecule has 19 heavy (non-hydrogen) atoms. The van der Waals surface area contributed by atoms with Crippen molar-refractivity contribution in [3.05, 3.63) is 62.2 Å². The van der Waals surface area contributed by atoms with Crippen LogP contribution in [0.15, 0.2) is 46.5 Å². The number of hydrogen-bond acceptors (Lipinski definition) is 2. The van der Waals surface area contributed by atoms with Gasteiger partial charge in [-0.3, -0.25) is 10.1 Å². The molecule has 3 nitrogen and oxygen atoms in total. The number of hydrogen-bond donors (Lipinski definition) is 0. The summed E-state index contributed by atoms with van der Waals surface area (Å²) in [5, 5.41) is 10.5. The fourth-order valence-corrected chi connectivity index (χ4v) is 2.05. The van der Waals surface area contributed by atoms with Gasteiger partial charge in [0, 0.05) is 6.07 Å². The Labute approximate surface area is 122 Å². The quantitative estimate of drug-likeness (QED) is 0.554. The zero-order chi connectivity index (χ0) is 14.3. The summed E-state index contributed by atoms with van der Waals surface area (Å²) in [7, 11) is 0. The van der Waals surface area contributed by atoms with Crippen molar-refractivity contribution in [1.82, 2.24) is 0 Å². The Hall–Kier alpha value is -1.42. The summed E-state index contributed by atoms with van der Waals surface area (Å²) in [4.78, 5) is 10.1. The molecule has 0 unspecified atom stereocenters. The molecule has 1 aliphatic rings. The maximum Gasteiger partial charge on any atom is 0.283 e. The Morgan fingerprint density at radius 2 is 2.11 bits per heavy atom. The summed E-state index contributed by atoms with van der Waals surface area (Å²) in [6.45, 7) is 4.10. The molecule has 0 fully saturated rings. The first-order valence-electron chi connectivity index (χ1n) is 6.30. The molecule has 0 heterocycles. The van der Waals surface area contributed by atoms with Crippen molar-refractivity contribution in [3.8, 4) is 0 Å². The predicted molar refractivity (Wildman–Crippen MR) is 82.3 cm³/mol. The minimum absolute atomic E-state index is 0.134. The largest absolute Gasteiger partial charge is 0.283 e. The Balaban J connectivity index is 0.000000218. The molecular formula is C15H18BrNO2. The fourth-order valence-electron chi connectivity index (χ4n) is 1.66. The molecule has 0 amide bonds. The lowest BCUT2D eigenvalue weighted by atomic mass is 10.1. The second kappa shape index (κ2) is 7.89. The molecule has 0 atom stereocenters. The molecule has 2 rings (SSSR count). The van der Waals surface area contributed by atoms with Gasteiger partial charge in [-0.25, -0.2) is 0 Å². The summed E-state index contributed by atoms with van der Waals surface area (Å²) in [6, 6.07) is 5.16. The van der Waals surface area contributed by atoms with Crippen LogP contribution in [-0.2, 0) is 6.42 Å². The van der Waals surface area contributed by atoms with Crippen LogP contribution in [0.5, 0.6) is 0 Å². The normalized spacial score (nSPS) is 13.3. The molecule has 0 saturated heterocycles. The van der Waals surface area contributed by atoms with E-state index in [0.29, 0.717) is 4.47 Å². The van der Waals surface area contributed by atoms with Gasteiger partial charge in [-0.15, -0.1) is 0 Å². The molecule has 1 aromatic carbocycles. The van der Waals surface area contributed by atoms with E-state index >= 15 is 0 Å². The van der Waals surface area contributed by atoms with E-state index in [1.165, 1.54) is 18.4 Å². The van der Waals surface area contributed by atoms with E-state index in [4.69, 9.17) is 0 Å². The van der Waals surface area contributed by atoms with Crippen LogP contribution in [0.3, 0.4) is 0 Å². The lowest BCUT2D eigenvalue weighted by Crippen LogP contribution is -1.90. The van der Waals surface area contributed by atoms with E-state index in [1.807, 2.05) is 13.0 Å². The van der Waals surface area contributed by atoms with Gasteiger partial charge in [0.1, 0.15) is 0 Å². The molecule has 1 aliphatic carbocycles.